The molecule has 132 valence electrons. The minimum Gasteiger partial charge on any atom is -0.481 e. The van der Waals surface area contributed by atoms with Crippen molar-refractivity contribution in [2.24, 2.45) is 11.3 Å². The third kappa shape index (κ3) is 3.79. The van der Waals surface area contributed by atoms with Crippen LogP contribution >= 0.6 is 0 Å². The molecule has 23 heavy (non-hydrogen) atoms. The van der Waals surface area contributed by atoms with Crippen LogP contribution in [0.4, 0.5) is 4.79 Å². The highest BCUT2D eigenvalue weighted by Crippen LogP contribution is 2.48. The number of carboxylic acid groups (broad SMARTS) is 1. The molecule has 1 saturated heterocycles. The number of aliphatic carboxylic acids is 1. The van der Waals surface area contributed by atoms with Gasteiger partial charge in [-0.3, -0.25) is 4.79 Å². The molecule has 0 aromatic rings. The van der Waals surface area contributed by atoms with Crippen LogP contribution in [0.1, 0.15) is 46.5 Å². The smallest absolute Gasteiger partial charge is 0.317 e. The quantitative estimate of drug-likeness (QED) is 0.751. The van der Waals surface area contributed by atoms with Crippen molar-refractivity contribution in [3.63, 3.8) is 0 Å². The minimum atomic E-state index is -0.733. The van der Waals surface area contributed by atoms with E-state index in [1.807, 2.05) is 6.92 Å². The van der Waals surface area contributed by atoms with E-state index < -0.39 is 11.4 Å². The number of likely N-dealkylation sites (tertiary alicyclic amines) is 1. The van der Waals surface area contributed by atoms with E-state index in [1.54, 1.807) is 4.90 Å². The summed E-state index contributed by atoms with van der Waals surface area (Å²) in [6.07, 6.45) is 3.69. The Labute approximate surface area is 139 Å². The zero-order chi connectivity index (χ0) is 17.0. The fourth-order valence-corrected chi connectivity index (χ4v) is 4.22. The van der Waals surface area contributed by atoms with E-state index in [1.165, 1.54) is 0 Å². The molecule has 0 bridgehead atoms. The van der Waals surface area contributed by atoms with Gasteiger partial charge in [0.05, 0.1) is 5.41 Å². The van der Waals surface area contributed by atoms with Crippen LogP contribution in [0.2, 0.25) is 0 Å². The number of likely N-dealkylation sites (N-methyl/N-ethyl adjacent to an activating group) is 1. The predicted molar refractivity (Wildman–Crippen MR) is 89.4 cm³/mol. The van der Waals surface area contributed by atoms with Crippen molar-refractivity contribution in [3.05, 3.63) is 0 Å². The number of hydrogen-bond acceptors (Lipinski definition) is 3. The number of fused-ring (bicyclic) bond motifs is 1. The molecule has 1 heterocycles. The first-order valence-corrected chi connectivity index (χ1v) is 8.94. The molecule has 0 aromatic heterocycles. The lowest BCUT2D eigenvalue weighted by Crippen LogP contribution is -2.48. The van der Waals surface area contributed by atoms with Gasteiger partial charge in [0.25, 0.3) is 0 Å². The Morgan fingerprint density at radius 1 is 1.43 bits per heavy atom. The molecule has 0 aromatic carbocycles. The number of nitrogens with one attached hydrogen (secondary N) is 1. The molecule has 6 heteroatoms. The minimum absolute atomic E-state index is 0.0650. The van der Waals surface area contributed by atoms with Gasteiger partial charge in [0.2, 0.25) is 0 Å². The maximum atomic E-state index is 12.5. The number of urea groups is 1. The van der Waals surface area contributed by atoms with Crippen molar-refractivity contribution in [3.8, 4) is 0 Å². The van der Waals surface area contributed by atoms with E-state index >= 15 is 0 Å². The highest BCUT2D eigenvalue weighted by molar-refractivity contribution is 5.80. The lowest BCUT2D eigenvalue weighted by atomic mass is 9.81. The average Bonchev–Trinajstić information content (AvgIpc) is 3.04. The summed E-state index contributed by atoms with van der Waals surface area (Å²) in [5, 5.41) is 12.6. The van der Waals surface area contributed by atoms with Crippen LogP contribution in [-0.4, -0.2) is 65.7 Å². The SMILES string of the molecule is CCCN(CC)C[C@H](C)NC(=O)N1C[C@@H]2CCC[C@@]2(C(=O)O)C1. The van der Waals surface area contributed by atoms with Gasteiger partial charge in [-0.25, -0.2) is 4.79 Å². The van der Waals surface area contributed by atoms with Gasteiger partial charge in [0.15, 0.2) is 0 Å². The Hall–Kier alpha value is -1.30. The normalized spacial score (nSPS) is 28.0. The summed E-state index contributed by atoms with van der Waals surface area (Å²) in [4.78, 5) is 28.2. The molecule has 1 saturated carbocycles. The Kier molecular flexibility index (Phi) is 5.89. The maximum Gasteiger partial charge on any atom is 0.317 e. The van der Waals surface area contributed by atoms with Gasteiger partial charge in [0.1, 0.15) is 0 Å². The van der Waals surface area contributed by atoms with Crippen molar-refractivity contribution in [1.82, 2.24) is 15.1 Å². The second-order valence-electron chi connectivity index (χ2n) is 7.17. The summed E-state index contributed by atoms with van der Waals surface area (Å²) in [5.74, 6) is -0.614. The Balaban J connectivity index is 1.88. The van der Waals surface area contributed by atoms with Crippen LogP contribution in [0.25, 0.3) is 0 Å². The van der Waals surface area contributed by atoms with E-state index in [0.29, 0.717) is 19.5 Å². The summed E-state index contributed by atoms with van der Waals surface area (Å²) < 4.78 is 0. The van der Waals surface area contributed by atoms with Crippen LogP contribution in [0.5, 0.6) is 0 Å². The largest absolute Gasteiger partial charge is 0.481 e. The molecular formula is C17H31N3O3. The lowest BCUT2D eigenvalue weighted by molar-refractivity contribution is -0.149. The highest BCUT2D eigenvalue weighted by atomic mass is 16.4. The summed E-state index contributed by atoms with van der Waals surface area (Å²) in [6.45, 7) is 10.1. The van der Waals surface area contributed by atoms with Crippen molar-refractivity contribution in [2.45, 2.75) is 52.5 Å². The van der Waals surface area contributed by atoms with Gasteiger partial charge in [-0.05, 0) is 45.2 Å². The fraction of sp³-hybridized carbons (Fsp3) is 0.882. The molecule has 2 N–H and O–H groups in total. The van der Waals surface area contributed by atoms with Crippen LogP contribution in [0, 0.1) is 11.3 Å². The van der Waals surface area contributed by atoms with Crippen LogP contribution < -0.4 is 5.32 Å². The third-order valence-electron chi connectivity index (χ3n) is 5.47. The Morgan fingerprint density at radius 2 is 2.17 bits per heavy atom. The number of amides is 2. The fourth-order valence-electron chi connectivity index (χ4n) is 4.22. The van der Waals surface area contributed by atoms with Crippen LogP contribution in [0.15, 0.2) is 0 Å². The van der Waals surface area contributed by atoms with Crippen molar-refractivity contribution in [2.75, 3.05) is 32.7 Å². The molecule has 2 rings (SSSR count). The number of carbonyl (C=O) groups excluding carboxylic acids is 1. The maximum absolute atomic E-state index is 12.5. The molecule has 2 fully saturated rings. The Morgan fingerprint density at radius 3 is 2.74 bits per heavy atom. The van der Waals surface area contributed by atoms with E-state index in [4.69, 9.17) is 0 Å². The third-order valence-corrected chi connectivity index (χ3v) is 5.47. The monoisotopic (exact) mass is 325 g/mol. The van der Waals surface area contributed by atoms with Gasteiger partial charge in [-0.1, -0.05) is 20.3 Å². The number of nitrogens with zero attached hydrogens (tertiary/aromatic N) is 2. The van der Waals surface area contributed by atoms with Gasteiger partial charge in [0, 0.05) is 25.7 Å². The van der Waals surface area contributed by atoms with Gasteiger partial charge < -0.3 is 20.2 Å². The molecule has 0 radical (unpaired) electrons. The summed E-state index contributed by atoms with van der Waals surface area (Å²) in [7, 11) is 0. The lowest BCUT2D eigenvalue weighted by Gasteiger charge is -2.27. The average molecular weight is 325 g/mol. The summed E-state index contributed by atoms with van der Waals surface area (Å²) >= 11 is 0. The van der Waals surface area contributed by atoms with Gasteiger partial charge in [-0.15, -0.1) is 0 Å². The molecule has 1 aliphatic heterocycles. The Bertz CT molecular complexity index is 443. The molecular weight excluding hydrogens is 294 g/mol. The highest BCUT2D eigenvalue weighted by Gasteiger charge is 2.55. The molecule has 6 nitrogen and oxygen atoms in total. The second kappa shape index (κ2) is 7.51. The van der Waals surface area contributed by atoms with E-state index in [-0.39, 0.29) is 18.0 Å². The molecule has 3 atom stereocenters. The first-order valence-electron chi connectivity index (χ1n) is 8.94. The predicted octanol–water partition coefficient (Wildman–Crippen LogP) is 2.00. The first-order chi connectivity index (χ1) is 10.9. The summed E-state index contributed by atoms with van der Waals surface area (Å²) in [5.41, 5.74) is -0.696. The topological polar surface area (TPSA) is 72.9 Å². The van der Waals surface area contributed by atoms with Gasteiger partial charge in [-0.2, -0.15) is 0 Å². The zero-order valence-electron chi connectivity index (χ0n) is 14.7. The molecule has 1 aliphatic carbocycles. The number of hydrogen-bond donors (Lipinski definition) is 2. The number of rotatable bonds is 7. The second-order valence-corrected chi connectivity index (χ2v) is 7.17. The summed E-state index contributed by atoms with van der Waals surface area (Å²) in [6, 6.07) is -0.0460. The molecule has 2 aliphatic rings. The van der Waals surface area contributed by atoms with Crippen molar-refractivity contribution < 1.29 is 14.7 Å². The van der Waals surface area contributed by atoms with E-state index in [2.05, 4.69) is 24.1 Å². The molecule has 0 spiro atoms. The van der Waals surface area contributed by atoms with Crippen molar-refractivity contribution >= 4 is 12.0 Å². The van der Waals surface area contributed by atoms with Gasteiger partial charge >= 0.3 is 12.0 Å². The zero-order valence-corrected chi connectivity index (χ0v) is 14.7. The van der Waals surface area contributed by atoms with Crippen molar-refractivity contribution in [1.29, 1.82) is 0 Å². The number of carboxylic acids is 1. The van der Waals surface area contributed by atoms with E-state index in [0.717, 1.165) is 38.9 Å². The van der Waals surface area contributed by atoms with Crippen LogP contribution in [0.3, 0.4) is 0 Å². The van der Waals surface area contributed by atoms with Crippen LogP contribution in [-0.2, 0) is 4.79 Å². The molecule has 0 unspecified atom stereocenters. The van der Waals surface area contributed by atoms with E-state index in [9.17, 15) is 14.7 Å². The number of carbonyl (C=O) groups is 2. The standard InChI is InChI=1S/C17H31N3O3/c1-4-9-19(5-2)10-13(3)18-16(23)20-11-14-7-6-8-17(14,12-20)15(21)22/h13-14H,4-12H2,1-3H3,(H,18,23)(H,21,22)/t13-,14-,17+/m0/s1. The molecule has 2 amide bonds. The first kappa shape index (κ1) is 18.0.